The Morgan fingerprint density at radius 1 is 1.06 bits per heavy atom. The van der Waals surface area contributed by atoms with E-state index in [1.807, 2.05) is 0 Å². The molecular formula is C13H24N2O2S. The van der Waals surface area contributed by atoms with Gasteiger partial charge < -0.3 is 5.32 Å². The van der Waals surface area contributed by atoms with Crippen LogP contribution in [0.15, 0.2) is 0 Å². The second kappa shape index (κ2) is 5.10. The van der Waals surface area contributed by atoms with Gasteiger partial charge in [0.2, 0.25) is 10.0 Å². The molecule has 2 N–H and O–H groups in total. The zero-order valence-electron chi connectivity index (χ0n) is 10.9. The number of hydrogen-bond donors (Lipinski definition) is 2. The summed E-state index contributed by atoms with van der Waals surface area (Å²) < 4.78 is 27.0. The predicted molar refractivity (Wildman–Crippen MR) is 71.8 cm³/mol. The smallest absolute Gasteiger partial charge is 0.211 e. The van der Waals surface area contributed by atoms with Gasteiger partial charge in [-0.2, -0.15) is 0 Å². The van der Waals surface area contributed by atoms with Gasteiger partial charge in [0.05, 0.1) is 5.75 Å². The van der Waals surface area contributed by atoms with E-state index in [0.29, 0.717) is 23.8 Å². The molecule has 18 heavy (non-hydrogen) atoms. The minimum absolute atomic E-state index is 0.176. The number of rotatable bonds is 5. The lowest BCUT2D eigenvalue weighted by atomic mass is 9.84. The van der Waals surface area contributed by atoms with E-state index in [9.17, 15) is 8.42 Å². The maximum absolute atomic E-state index is 12.0. The summed E-state index contributed by atoms with van der Waals surface area (Å²) in [6.45, 7) is 0. The summed E-state index contributed by atoms with van der Waals surface area (Å²) in [5.74, 6) is 1.00. The first-order valence-corrected chi connectivity index (χ1v) is 9.02. The highest BCUT2D eigenvalue weighted by atomic mass is 32.2. The Morgan fingerprint density at radius 2 is 1.72 bits per heavy atom. The lowest BCUT2D eigenvalue weighted by Crippen LogP contribution is -2.48. The third-order valence-corrected chi connectivity index (χ3v) is 6.30. The Morgan fingerprint density at radius 3 is 2.28 bits per heavy atom. The molecule has 2 saturated heterocycles. The molecule has 5 heteroatoms. The van der Waals surface area contributed by atoms with Crippen LogP contribution in [0.2, 0.25) is 0 Å². The molecule has 0 aromatic heterocycles. The van der Waals surface area contributed by atoms with Crippen molar-refractivity contribution < 1.29 is 8.42 Å². The van der Waals surface area contributed by atoms with Gasteiger partial charge in [0.1, 0.15) is 0 Å². The van der Waals surface area contributed by atoms with E-state index in [1.165, 1.54) is 32.1 Å². The minimum Gasteiger partial charge on any atom is -0.311 e. The Balaban J connectivity index is 1.48. The zero-order valence-corrected chi connectivity index (χ0v) is 11.7. The first kappa shape index (κ1) is 12.9. The van der Waals surface area contributed by atoms with Crippen molar-refractivity contribution in [3.05, 3.63) is 0 Å². The van der Waals surface area contributed by atoms with Crippen molar-refractivity contribution in [2.45, 2.75) is 69.5 Å². The van der Waals surface area contributed by atoms with E-state index >= 15 is 0 Å². The number of sulfonamides is 1. The highest BCUT2D eigenvalue weighted by Crippen LogP contribution is 2.30. The van der Waals surface area contributed by atoms with Crippen molar-refractivity contribution >= 4 is 10.0 Å². The summed E-state index contributed by atoms with van der Waals surface area (Å²) in [6.07, 6.45) is 8.97. The van der Waals surface area contributed by atoms with Crippen molar-refractivity contribution in [2.75, 3.05) is 5.75 Å². The molecule has 0 radical (unpaired) electrons. The van der Waals surface area contributed by atoms with Crippen LogP contribution < -0.4 is 10.0 Å². The molecule has 3 aliphatic rings. The van der Waals surface area contributed by atoms with Gasteiger partial charge in [0, 0.05) is 18.1 Å². The Bertz CT molecular complexity index is 380. The Labute approximate surface area is 110 Å². The van der Waals surface area contributed by atoms with Crippen LogP contribution in [0.1, 0.15) is 51.4 Å². The number of piperidine rings is 1. The molecule has 0 aromatic rings. The Kier molecular flexibility index (Phi) is 3.65. The molecule has 1 saturated carbocycles. The molecule has 4 nitrogen and oxygen atoms in total. The summed E-state index contributed by atoms with van der Waals surface area (Å²) in [4.78, 5) is 0. The third kappa shape index (κ3) is 3.06. The first-order chi connectivity index (χ1) is 8.61. The molecule has 3 fully saturated rings. The van der Waals surface area contributed by atoms with E-state index in [1.54, 1.807) is 0 Å². The molecule has 3 rings (SSSR count). The van der Waals surface area contributed by atoms with Crippen LogP contribution in [0.3, 0.4) is 0 Å². The van der Waals surface area contributed by atoms with Crippen LogP contribution in [0, 0.1) is 5.92 Å². The van der Waals surface area contributed by atoms with Crippen LogP contribution in [0.5, 0.6) is 0 Å². The number of hydrogen-bond acceptors (Lipinski definition) is 3. The molecular weight excluding hydrogens is 248 g/mol. The van der Waals surface area contributed by atoms with Crippen LogP contribution >= 0.6 is 0 Å². The molecule has 2 bridgehead atoms. The molecule has 2 atom stereocenters. The van der Waals surface area contributed by atoms with E-state index in [4.69, 9.17) is 0 Å². The third-order valence-electron chi connectivity index (χ3n) is 4.84. The summed E-state index contributed by atoms with van der Waals surface area (Å²) in [7, 11) is -3.05. The maximum atomic E-state index is 12.0. The van der Waals surface area contributed by atoms with Crippen molar-refractivity contribution in [1.82, 2.24) is 10.0 Å². The van der Waals surface area contributed by atoms with Crippen LogP contribution in [-0.4, -0.2) is 32.3 Å². The second-order valence-corrected chi connectivity index (χ2v) is 8.20. The molecule has 2 aliphatic heterocycles. The SMILES string of the molecule is O=S(=O)(CCC1CCC1)NC1CC2CCC(C1)N2. The Hall–Kier alpha value is -0.130. The van der Waals surface area contributed by atoms with E-state index in [-0.39, 0.29) is 6.04 Å². The lowest BCUT2D eigenvalue weighted by molar-refractivity contribution is 0.306. The average molecular weight is 272 g/mol. The van der Waals surface area contributed by atoms with Crippen molar-refractivity contribution in [3.8, 4) is 0 Å². The quantitative estimate of drug-likeness (QED) is 0.795. The van der Waals surface area contributed by atoms with Crippen molar-refractivity contribution in [3.63, 3.8) is 0 Å². The van der Waals surface area contributed by atoms with Gasteiger partial charge in [0.15, 0.2) is 0 Å². The molecule has 2 unspecified atom stereocenters. The molecule has 0 spiro atoms. The topological polar surface area (TPSA) is 58.2 Å². The largest absolute Gasteiger partial charge is 0.311 e. The lowest BCUT2D eigenvalue weighted by Gasteiger charge is -2.30. The van der Waals surface area contributed by atoms with Crippen molar-refractivity contribution in [2.24, 2.45) is 5.92 Å². The van der Waals surface area contributed by atoms with Gasteiger partial charge in [-0.05, 0) is 38.0 Å². The van der Waals surface area contributed by atoms with Crippen LogP contribution in [-0.2, 0) is 10.0 Å². The standard InChI is InChI=1S/C13H24N2O2S/c16-18(17,7-6-10-2-1-3-10)15-13-8-11-4-5-12(9-13)14-11/h10-15H,1-9H2. The highest BCUT2D eigenvalue weighted by Gasteiger charge is 2.35. The first-order valence-electron chi connectivity index (χ1n) is 7.37. The normalized spacial score (nSPS) is 36.6. The number of fused-ring (bicyclic) bond motifs is 2. The van der Waals surface area contributed by atoms with Gasteiger partial charge in [-0.15, -0.1) is 0 Å². The average Bonchev–Trinajstić information content (AvgIpc) is 2.55. The minimum atomic E-state index is -3.05. The zero-order chi connectivity index (χ0) is 12.6. The van der Waals surface area contributed by atoms with Crippen molar-refractivity contribution in [1.29, 1.82) is 0 Å². The summed E-state index contributed by atoms with van der Waals surface area (Å²) in [5.41, 5.74) is 0. The van der Waals surface area contributed by atoms with E-state index < -0.39 is 10.0 Å². The molecule has 2 heterocycles. The fourth-order valence-electron chi connectivity index (χ4n) is 3.57. The van der Waals surface area contributed by atoms with Gasteiger partial charge >= 0.3 is 0 Å². The fourth-order valence-corrected chi connectivity index (χ4v) is 5.03. The molecule has 0 amide bonds. The summed E-state index contributed by atoms with van der Waals surface area (Å²) in [6, 6.07) is 1.27. The van der Waals surface area contributed by atoms with Gasteiger partial charge in [0.25, 0.3) is 0 Å². The van der Waals surface area contributed by atoms with E-state index in [0.717, 1.165) is 19.3 Å². The monoisotopic (exact) mass is 272 g/mol. The van der Waals surface area contributed by atoms with Gasteiger partial charge in [-0.1, -0.05) is 19.3 Å². The summed E-state index contributed by atoms with van der Waals surface area (Å²) >= 11 is 0. The molecule has 104 valence electrons. The van der Waals surface area contributed by atoms with Gasteiger partial charge in [-0.25, -0.2) is 13.1 Å². The number of nitrogens with one attached hydrogen (secondary N) is 2. The predicted octanol–water partition coefficient (Wildman–Crippen LogP) is 1.38. The van der Waals surface area contributed by atoms with Gasteiger partial charge in [-0.3, -0.25) is 0 Å². The summed E-state index contributed by atoms with van der Waals surface area (Å²) in [5, 5.41) is 3.54. The van der Waals surface area contributed by atoms with Crippen LogP contribution in [0.25, 0.3) is 0 Å². The molecule has 0 aromatic carbocycles. The second-order valence-electron chi connectivity index (χ2n) is 6.33. The van der Waals surface area contributed by atoms with E-state index in [2.05, 4.69) is 10.0 Å². The molecule has 1 aliphatic carbocycles. The fraction of sp³-hybridized carbons (Fsp3) is 1.00. The van der Waals surface area contributed by atoms with Crippen LogP contribution in [0.4, 0.5) is 0 Å². The maximum Gasteiger partial charge on any atom is 0.211 e. The highest BCUT2D eigenvalue weighted by molar-refractivity contribution is 7.89.